The van der Waals surface area contributed by atoms with Crippen molar-refractivity contribution in [3.63, 3.8) is 0 Å². The van der Waals surface area contributed by atoms with Crippen LogP contribution in [0.4, 0.5) is 0 Å². The van der Waals surface area contributed by atoms with Gasteiger partial charge in [0, 0.05) is 6.61 Å². The Morgan fingerprint density at radius 3 is 1.80 bits per heavy atom. The van der Waals surface area contributed by atoms with Gasteiger partial charge in [-0.1, -0.05) is 0 Å². The molecule has 0 rings (SSSR count). The molecule has 0 saturated carbocycles. The second kappa shape index (κ2) is 20.5. The summed E-state index contributed by atoms with van der Waals surface area (Å²) in [7, 11) is 0. The molecule has 0 spiro atoms. The van der Waals surface area contributed by atoms with Gasteiger partial charge in [0.2, 0.25) is 0 Å². The van der Waals surface area contributed by atoms with Crippen molar-refractivity contribution in [2.45, 2.75) is 6.92 Å². The molecule has 0 atom stereocenters. The van der Waals surface area contributed by atoms with Crippen molar-refractivity contribution >= 4 is 0 Å². The third-order valence-electron chi connectivity index (χ3n) is 0. The van der Waals surface area contributed by atoms with E-state index in [0.29, 0.717) is 0 Å². The first-order valence-corrected chi connectivity index (χ1v) is 1.02. The fraction of sp³-hybridized carbons (Fsp3) is 1.00. The van der Waals surface area contributed by atoms with Gasteiger partial charge < -0.3 is 12.0 Å². The average molecular weight is 88.1 g/mol. The molecule has 0 bridgehead atoms. The van der Waals surface area contributed by atoms with Gasteiger partial charge in [0.25, 0.3) is 0 Å². The zero-order valence-electron chi connectivity index (χ0n) is 4.65. The van der Waals surface area contributed by atoms with Crippen LogP contribution in [0.3, 0.4) is 0 Å². The summed E-state index contributed by atoms with van der Waals surface area (Å²) in [4.78, 5) is 0. The monoisotopic (exact) mass is 88.1 g/mol. The third kappa shape index (κ3) is 49.6. The van der Waals surface area contributed by atoms with Gasteiger partial charge in [0.1, 0.15) is 0 Å². The molecule has 3 N–H and O–H groups in total. The predicted octanol–water partition coefficient (Wildman–Crippen LogP) is -3.71. The Kier molecular flexibility index (Phi) is 68.9. The van der Waals surface area contributed by atoms with Crippen LogP contribution in [-0.2, 0) is 0 Å². The molecule has 0 fully saturated rings. The fourth-order valence-corrected chi connectivity index (χ4v) is 0. The van der Waals surface area contributed by atoms with Gasteiger partial charge in [-0.25, -0.2) is 0 Å². The maximum atomic E-state index is 7.57. The minimum atomic E-state index is 0. The summed E-state index contributed by atoms with van der Waals surface area (Å²) in [6.07, 6.45) is 0. The maximum Gasteiger partial charge on any atom is 1.00 e. The first-order chi connectivity index (χ1) is 1.41. The van der Waals surface area contributed by atoms with Crippen molar-refractivity contribution in [3.8, 4) is 0 Å². The molecular weight excluding hydrogens is 79.0 g/mol. The van der Waals surface area contributed by atoms with E-state index in [1.54, 1.807) is 6.92 Å². The van der Waals surface area contributed by atoms with E-state index in [1.165, 1.54) is 0 Å². The molecule has 30 valence electrons. The molecule has 0 heterocycles. The van der Waals surface area contributed by atoms with E-state index in [1.807, 2.05) is 0 Å². The SMILES string of the molecule is CCO.O.[H-].[Na+]. The summed E-state index contributed by atoms with van der Waals surface area (Å²) in [5, 5.41) is 7.57. The molecule has 0 aromatic rings. The first-order valence-electron chi connectivity index (χ1n) is 1.02. The fourth-order valence-electron chi connectivity index (χ4n) is 0. The van der Waals surface area contributed by atoms with Gasteiger partial charge in [0.05, 0.1) is 0 Å². The summed E-state index contributed by atoms with van der Waals surface area (Å²) in [6.45, 7) is 1.93. The van der Waals surface area contributed by atoms with Crippen molar-refractivity contribution in [3.05, 3.63) is 0 Å². The number of rotatable bonds is 0. The van der Waals surface area contributed by atoms with E-state index >= 15 is 0 Å². The van der Waals surface area contributed by atoms with Crippen molar-refractivity contribution < 1.29 is 41.6 Å². The molecular formula is C2H9NaO2. The molecule has 0 aromatic heterocycles. The average Bonchev–Trinajstić information content (AvgIpc) is 0.918. The van der Waals surface area contributed by atoms with Crippen LogP contribution in [0.5, 0.6) is 0 Å². The molecule has 0 unspecified atom stereocenters. The number of aliphatic hydroxyl groups excluding tert-OH is 1. The summed E-state index contributed by atoms with van der Waals surface area (Å²) >= 11 is 0. The topological polar surface area (TPSA) is 51.7 Å². The Morgan fingerprint density at radius 2 is 1.80 bits per heavy atom. The third-order valence-corrected chi connectivity index (χ3v) is 0. The van der Waals surface area contributed by atoms with Crippen LogP contribution in [0.15, 0.2) is 0 Å². The van der Waals surface area contributed by atoms with Gasteiger partial charge in [-0.3, -0.25) is 0 Å². The van der Waals surface area contributed by atoms with Crippen molar-refractivity contribution in [2.24, 2.45) is 0 Å². The summed E-state index contributed by atoms with van der Waals surface area (Å²) < 4.78 is 0. The van der Waals surface area contributed by atoms with Crippen molar-refractivity contribution in [1.29, 1.82) is 0 Å². The minimum Gasteiger partial charge on any atom is -1.00 e. The molecule has 5 heavy (non-hydrogen) atoms. The largest absolute Gasteiger partial charge is 1.00 e. The molecule has 2 nitrogen and oxygen atoms in total. The van der Waals surface area contributed by atoms with Crippen LogP contribution in [0.2, 0.25) is 0 Å². The normalized spacial score (nSPS) is 3.60. The summed E-state index contributed by atoms with van der Waals surface area (Å²) in [5.74, 6) is 0. The maximum absolute atomic E-state index is 7.57. The van der Waals surface area contributed by atoms with Gasteiger partial charge in [-0.2, -0.15) is 0 Å². The van der Waals surface area contributed by atoms with Crippen molar-refractivity contribution in [2.75, 3.05) is 6.61 Å². The van der Waals surface area contributed by atoms with E-state index in [0.717, 1.165) is 0 Å². The number of hydrogen-bond acceptors (Lipinski definition) is 1. The van der Waals surface area contributed by atoms with Crippen LogP contribution < -0.4 is 29.6 Å². The molecule has 0 amide bonds. The van der Waals surface area contributed by atoms with Gasteiger partial charge in [0.15, 0.2) is 0 Å². The second-order valence-electron chi connectivity index (χ2n) is 0.316. The molecule has 0 saturated heterocycles. The van der Waals surface area contributed by atoms with E-state index < -0.39 is 0 Å². The van der Waals surface area contributed by atoms with Gasteiger partial charge >= 0.3 is 29.6 Å². The smallest absolute Gasteiger partial charge is 1.00 e. The standard InChI is InChI=1S/C2H6O.Na.H2O.H/c1-2-3;;;/h3H,2H2,1H3;;1H2;/q;+1;;-1. The Balaban J connectivity index is -0.00000000667. The van der Waals surface area contributed by atoms with E-state index in [-0.39, 0.29) is 43.1 Å². The Labute approximate surface area is 55.3 Å². The molecule has 0 aliphatic rings. The number of hydrogen-bond donors (Lipinski definition) is 1. The van der Waals surface area contributed by atoms with Gasteiger partial charge in [-0.15, -0.1) is 0 Å². The van der Waals surface area contributed by atoms with E-state index in [9.17, 15) is 0 Å². The first kappa shape index (κ1) is 16.8. The van der Waals surface area contributed by atoms with E-state index in [4.69, 9.17) is 5.11 Å². The van der Waals surface area contributed by atoms with Crippen LogP contribution in [0.25, 0.3) is 0 Å². The van der Waals surface area contributed by atoms with Gasteiger partial charge in [-0.05, 0) is 6.92 Å². The molecule has 0 aliphatic heterocycles. The molecule has 0 radical (unpaired) electrons. The zero-order chi connectivity index (χ0) is 2.71. The van der Waals surface area contributed by atoms with E-state index in [2.05, 4.69) is 0 Å². The second-order valence-corrected chi connectivity index (χ2v) is 0.316. The molecule has 0 aliphatic carbocycles. The zero-order valence-corrected chi connectivity index (χ0v) is 5.65. The Hall–Kier alpha value is 0.920. The van der Waals surface area contributed by atoms with Crippen LogP contribution in [0.1, 0.15) is 8.35 Å². The van der Waals surface area contributed by atoms with Crippen molar-refractivity contribution in [1.82, 2.24) is 0 Å². The van der Waals surface area contributed by atoms with Crippen LogP contribution in [-0.4, -0.2) is 17.2 Å². The summed E-state index contributed by atoms with van der Waals surface area (Å²) in [5.41, 5.74) is 0. The predicted molar refractivity (Wildman–Crippen MR) is 17.5 cm³/mol. The minimum absolute atomic E-state index is 0. The molecule has 3 heteroatoms. The quantitative estimate of drug-likeness (QED) is 0.304. The Bertz CT molecular complexity index is 11.5. The summed E-state index contributed by atoms with van der Waals surface area (Å²) in [6, 6.07) is 0. The number of aliphatic hydroxyl groups is 1. The van der Waals surface area contributed by atoms with Crippen LogP contribution >= 0.6 is 0 Å². The Morgan fingerprint density at radius 1 is 1.80 bits per heavy atom. The van der Waals surface area contributed by atoms with Crippen LogP contribution in [0, 0.1) is 0 Å². The molecule has 0 aromatic carbocycles.